The summed E-state index contributed by atoms with van der Waals surface area (Å²) < 4.78 is 11.4. The number of rotatable bonds is 10. The molecular formula is C33H34ClN5O4. The molecule has 0 unspecified atom stereocenters. The van der Waals surface area contributed by atoms with Crippen molar-refractivity contribution in [2.24, 2.45) is 0 Å². The molecule has 222 valence electrons. The summed E-state index contributed by atoms with van der Waals surface area (Å²) in [5.41, 5.74) is 12.8. The SMILES string of the molecule is Nc1nc2c(c(N3CCN(CCc4cccc(OCC(=O)O)c4)CC3)n1)CCc1cc(OCc3ccc(Cl)cc3)ccc1-2. The van der Waals surface area contributed by atoms with Gasteiger partial charge in [-0.1, -0.05) is 35.9 Å². The quantitative estimate of drug-likeness (QED) is 0.263. The summed E-state index contributed by atoms with van der Waals surface area (Å²) in [5, 5.41) is 9.57. The Morgan fingerprint density at radius 2 is 1.70 bits per heavy atom. The number of nitrogens with two attached hydrogens (primary N) is 1. The Hall–Kier alpha value is -4.34. The standard InChI is InChI=1S/C33H34ClN5O4/c34-25-7-4-23(5-8-25)20-42-27-9-11-28-24(19-27)6-10-29-31(28)36-33(35)37-32(29)39-16-14-38(15-17-39)13-12-22-2-1-3-26(18-22)43-21-30(40)41/h1-5,7-9,11,18-19H,6,10,12-17,20-21H2,(H,40,41)(H2,35,36,37). The number of aliphatic carboxylic acids is 1. The monoisotopic (exact) mass is 599 g/mol. The van der Waals surface area contributed by atoms with E-state index in [0.29, 0.717) is 17.4 Å². The molecule has 10 heteroatoms. The van der Waals surface area contributed by atoms with Gasteiger partial charge in [0.25, 0.3) is 0 Å². The maximum absolute atomic E-state index is 10.8. The van der Waals surface area contributed by atoms with Gasteiger partial charge in [0.05, 0.1) is 5.69 Å². The number of hydrogen-bond acceptors (Lipinski definition) is 8. The maximum Gasteiger partial charge on any atom is 0.341 e. The number of nitrogen functional groups attached to an aromatic ring is 1. The third-order valence-electron chi connectivity index (χ3n) is 7.95. The van der Waals surface area contributed by atoms with Crippen LogP contribution < -0.4 is 20.1 Å². The fourth-order valence-electron chi connectivity index (χ4n) is 5.71. The fraction of sp³-hybridized carbons (Fsp3) is 0.303. The van der Waals surface area contributed by atoms with E-state index in [1.165, 1.54) is 5.56 Å². The third-order valence-corrected chi connectivity index (χ3v) is 8.20. The first kappa shape index (κ1) is 28.8. The van der Waals surface area contributed by atoms with Gasteiger partial charge in [-0.15, -0.1) is 0 Å². The van der Waals surface area contributed by atoms with Gasteiger partial charge in [-0.3, -0.25) is 4.90 Å². The number of carboxylic acid groups (broad SMARTS) is 1. The molecule has 3 N–H and O–H groups in total. The molecule has 0 radical (unpaired) electrons. The largest absolute Gasteiger partial charge is 0.489 e. The second-order valence-electron chi connectivity index (χ2n) is 10.9. The molecule has 1 aliphatic carbocycles. The van der Waals surface area contributed by atoms with E-state index in [2.05, 4.69) is 26.9 Å². The minimum absolute atomic E-state index is 0.289. The number of ether oxygens (including phenoxy) is 2. The van der Waals surface area contributed by atoms with Gasteiger partial charge < -0.3 is 25.2 Å². The molecule has 0 saturated carbocycles. The van der Waals surface area contributed by atoms with E-state index in [1.807, 2.05) is 48.5 Å². The number of aryl methyl sites for hydroxylation is 1. The molecule has 2 heterocycles. The Labute approximate surface area is 255 Å². The van der Waals surface area contributed by atoms with E-state index in [0.717, 1.165) is 91.5 Å². The Morgan fingerprint density at radius 3 is 2.49 bits per heavy atom. The number of carboxylic acids is 1. The minimum atomic E-state index is -0.982. The summed E-state index contributed by atoms with van der Waals surface area (Å²) >= 11 is 6.00. The Bertz CT molecular complexity index is 1610. The van der Waals surface area contributed by atoms with Crippen LogP contribution in [-0.4, -0.2) is 65.3 Å². The molecule has 6 rings (SSSR count). The number of aromatic nitrogens is 2. The van der Waals surface area contributed by atoms with Gasteiger partial charge in [-0.05, 0) is 78.4 Å². The van der Waals surface area contributed by atoms with Crippen molar-refractivity contribution < 1.29 is 19.4 Å². The molecule has 1 aliphatic heterocycles. The number of hydrogen-bond donors (Lipinski definition) is 2. The molecule has 0 bridgehead atoms. The molecule has 1 fully saturated rings. The van der Waals surface area contributed by atoms with Crippen molar-refractivity contribution in [3.05, 3.63) is 94.0 Å². The molecule has 1 saturated heterocycles. The molecule has 0 atom stereocenters. The van der Waals surface area contributed by atoms with E-state index in [9.17, 15) is 4.79 Å². The van der Waals surface area contributed by atoms with Crippen molar-refractivity contribution in [2.45, 2.75) is 25.9 Å². The van der Waals surface area contributed by atoms with Gasteiger partial charge in [0, 0.05) is 48.9 Å². The van der Waals surface area contributed by atoms with Crippen molar-refractivity contribution in [3.63, 3.8) is 0 Å². The Balaban J connectivity index is 1.09. The molecule has 1 aromatic heterocycles. The van der Waals surface area contributed by atoms with Crippen molar-refractivity contribution in [1.29, 1.82) is 0 Å². The topological polar surface area (TPSA) is 114 Å². The Kier molecular flexibility index (Phi) is 8.62. The third kappa shape index (κ3) is 7.01. The molecule has 9 nitrogen and oxygen atoms in total. The lowest BCUT2D eigenvalue weighted by Gasteiger charge is -2.37. The minimum Gasteiger partial charge on any atom is -0.489 e. The van der Waals surface area contributed by atoms with Gasteiger partial charge in [0.2, 0.25) is 5.95 Å². The van der Waals surface area contributed by atoms with Crippen LogP contribution in [0.3, 0.4) is 0 Å². The summed E-state index contributed by atoms with van der Waals surface area (Å²) in [4.78, 5) is 25.0. The van der Waals surface area contributed by atoms with Crippen molar-refractivity contribution in [2.75, 3.05) is 50.0 Å². The van der Waals surface area contributed by atoms with Crippen molar-refractivity contribution in [3.8, 4) is 22.8 Å². The van der Waals surface area contributed by atoms with Crippen molar-refractivity contribution in [1.82, 2.24) is 14.9 Å². The normalized spacial score (nSPS) is 14.6. The fourth-order valence-corrected chi connectivity index (χ4v) is 5.84. The molecule has 0 spiro atoms. The van der Waals surface area contributed by atoms with Crippen molar-refractivity contribution >= 4 is 29.3 Å². The van der Waals surface area contributed by atoms with E-state index in [-0.39, 0.29) is 12.6 Å². The van der Waals surface area contributed by atoms with Crippen LogP contribution in [0.15, 0.2) is 66.7 Å². The van der Waals surface area contributed by atoms with Gasteiger partial charge in [-0.25, -0.2) is 9.78 Å². The van der Waals surface area contributed by atoms with E-state index < -0.39 is 5.97 Å². The average molecular weight is 600 g/mol. The van der Waals surface area contributed by atoms with E-state index >= 15 is 0 Å². The zero-order valence-corrected chi connectivity index (χ0v) is 24.6. The number of benzene rings is 3. The zero-order valence-electron chi connectivity index (χ0n) is 23.8. The van der Waals surface area contributed by atoms with Crippen LogP contribution >= 0.6 is 11.6 Å². The van der Waals surface area contributed by atoms with Crippen LogP contribution in [0, 0.1) is 0 Å². The molecular weight excluding hydrogens is 566 g/mol. The number of carbonyl (C=O) groups is 1. The second-order valence-corrected chi connectivity index (χ2v) is 11.3. The predicted octanol–water partition coefficient (Wildman–Crippen LogP) is 4.88. The van der Waals surface area contributed by atoms with Crippen LogP contribution in [0.5, 0.6) is 11.5 Å². The highest BCUT2D eigenvalue weighted by Crippen LogP contribution is 2.38. The molecule has 0 amide bonds. The van der Waals surface area contributed by atoms with E-state index in [1.54, 1.807) is 6.07 Å². The highest BCUT2D eigenvalue weighted by Gasteiger charge is 2.27. The van der Waals surface area contributed by atoms with Crippen LogP contribution in [0.1, 0.15) is 22.3 Å². The molecule has 3 aromatic carbocycles. The van der Waals surface area contributed by atoms with Crippen LogP contribution in [-0.2, 0) is 30.7 Å². The van der Waals surface area contributed by atoms with Crippen LogP contribution in [0.4, 0.5) is 11.8 Å². The highest BCUT2D eigenvalue weighted by molar-refractivity contribution is 6.30. The lowest BCUT2D eigenvalue weighted by Crippen LogP contribution is -2.47. The summed E-state index contributed by atoms with van der Waals surface area (Å²) in [5.74, 6) is 1.66. The first-order valence-electron chi connectivity index (χ1n) is 14.5. The summed E-state index contributed by atoms with van der Waals surface area (Å²) in [6.07, 6.45) is 2.59. The van der Waals surface area contributed by atoms with E-state index in [4.69, 9.17) is 36.9 Å². The number of anilines is 2. The van der Waals surface area contributed by atoms with Gasteiger partial charge in [0.15, 0.2) is 6.61 Å². The number of nitrogens with zero attached hydrogens (tertiary/aromatic N) is 4. The second kappa shape index (κ2) is 12.9. The summed E-state index contributed by atoms with van der Waals surface area (Å²) in [7, 11) is 0. The molecule has 2 aliphatic rings. The Morgan fingerprint density at radius 1 is 0.907 bits per heavy atom. The summed E-state index contributed by atoms with van der Waals surface area (Å²) in [6, 6.07) is 21.5. The first-order chi connectivity index (χ1) is 20.9. The zero-order chi connectivity index (χ0) is 29.8. The molecule has 43 heavy (non-hydrogen) atoms. The lowest BCUT2D eigenvalue weighted by atomic mass is 9.88. The highest BCUT2D eigenvalue weighted by atomic mass is 35.5. The number of halogens is 1. The summed E-state index contributed by atoms with van der Waals surface area (Å²) in [6.45, 7) is 4.60. The first-order valence-corrected chi connectivity index (χ1v) is 14.9. The van der Waals surface area contributed by atoms with Gasteiger partial charge >= 0.3 is 5.97 Å². The maximum atomic E-state index is 10.8. The predicted molar refractivity (Wildman–Crippen MR) is 167 cm³/mol. The average Bonchev–Trinajstić information content (AvgIpc) is 3.02. The molecule has 4 aromatic rings. The van der Waals surface area contributed by atoms with Crippen LogP contribution in [0.2, 0.25) is 5.02 Å². The number of piperazine rings is 1. The number of fused-ring (bicyclic) bond motifs is 3. The lowest BCUT2D eigenvalue weighted by molar-refractivity contribution is -0.139. The van der Waals surface area contributed by atoms with Gasteiger partial charge in [0.1, 0.15) is 23.9 Å². The smallest absolute Gasteiger partial charge is 0.341 e. The van der Waals surface area contributed by atoms with Gasteiger partial charge in [-0.2, -0.15) is 4.98 Å². The van der Waals surface area contributed by atoms with Crippen LogP contribution in [0.25, 0.3) is 11.3 Å².